The van der Waals surface area contributed by atoms with Crippen molar-refractivity contribution in [3.05, 3.63) is 22.8 Å². The molecule has 11 heteroatoms. The maximum absolute atomic E-state index is 13.0. The van der Waals surface area contributed by atoms with E-state index in [2.05, 4.69) is 15.6 Å². The van der Waals surface area contributed by atoms with Crippen LogP contribution < -0.4 is 21.9 Å². The molecular formula is C10H14FN7O3. The monoisotopic (exact) mass is 299 g/mol. The SMILES string of the molecule is NOC1(C2CNC2CF)C(=C(N)C=O)C1n1cnn[n+]1[O-]. The van der Waals surface area contributed by atoms with Crippen LogP contribution in [0.5, 0.6) is 0 Å². The Morgan fingerprint density at radius 3 is 3.00 bits per heavy atom. The number of nitrogens with zero attached hydrogens (tertiary/aromatic N) is 4. The van der Waals surface area contributed by atoms with E-state index in [1.54, 1.807) is 0 Å². The topological polar surface area (TPSA) is 148 Å². The molecule has 114 valence electrons. The normalized spacial score (nSPS) is 37.0. The van der Waals surface area contributed by atoms with Crippen molar-refractivity contribution in [2.24, 2.45) is 17.5 Å². The molecule has 3 rings (SSSR count). The predicted octanol–water partition coefficient (Wildman–Crippen LogP) is -2.94. The van der Waals surface area contributed by atoms with Gasteiger partial charge in [-0.3, -0.25) is 9.63 Å². The first-order valence-corrected chi connectivity index (χ1v) is 6.24. The Morgan fingerprint density at radius 1 is 1.81 bits per heavy atom. The third-order valence-electron chi connectivity index (χ3n) is 4.21. The van der Waals surface area contributed by atoms with E-state index >= 15 is 0 Å². The summed E-state index contributed by atoms with van der Waals surface area (Å²) in [6, 6.07) is -1.22. The molecule has 1 saturated heterocycles. The van der Waals surface area contributed by atoms with Gasteiger partial charge in [0.1, 0.15) is 18.3 Å². The van der Waals surface area contributed by atoms with Crippen LogP contribution in [0, 0.1) is 11.1 Å². The summed E-state index contributed by atoms with van der Waals surface area (Å²) in [4.78, 5) is 16.3. The number of tetrazole rings is 1. The number of carbonyl (C=O) groups excluding carboxylic acids is 1. The highest BCUT2D eigenvalue weighted by Crippen LogP contribution is 2.62. The van der Waals surface area contributed by atoms with Gasteiger partial charge in [-0.2, -0.15) is 0 Å². The van der Waals surface area contributed by atoms with E-state index in [-0.39, 0.29) is 16.6 Å². The van der Waals surface area contributed by atoms with Crippen molar-refractivity contribution in [1.82, 2.24) is 20.3 Å². The summed E-state index contributed by atoms with van der Waals surface area (Å²) in [5.74, 6) is 5.05. The van der Waals surface area contributed by atoms with Gasteiger partial charge >= 0.3 is 0 Å². The van der Waals surface area contributed by atoms with Crippen LogP contribution in [0.3, 0.4) is 0 Å². The number of allylic oxidation sites excluding steroid dienone is 1. The van der Waals surface area contributed by atoms with E-state index in [9.17, 15) is 14.4 Å². The number of alkyl halides is 1. The molecule has 1 aliphatic heterocycles. The first-order valence-electron chi connectivity index (χ1n) is 6.24. The lowest BCUT2D eigenvalue weighted by atomic mass is 9.84. The number of aromatic nitrogens is 4. The summed E-state index contributed by atoms with van der Waals surface area (Å²) in [6.07, 6.45) is 1.62. The van der Waals surface area contributed by atoms with Crippen LogP contribution in [0.4, 0.5) is 4.39 Å². The molecule has 0 bridgehead atoms. The van der Waals surface area contributed by atoms with Crippen molar-refractivity contribution in [1.29, 1.82) is 0 Å². The lowest BCUT2D eigenvalue weighted by Crippen LogP contribution is -2.62. The van der Waals surface area contributed by atoms with Crippen molar-refractivity contribution in [2.45, 2.75) is 17.7 Å². The Hall–Kier alpha value is -2.11. The van der Waals surface area contributed by atoms with E-state index in [0.29, 0.717) is 18.4 Å². The summed E-state index contributed by atoms with van der Waals surface area (Å²) < 4.78 is 14.1. The largest absolute Gasteiger partial charge is 0.672 e. The van der Waals surface area contributed by atoms with Crippen LogP contribution in [0.1, 0.15) is 6.04 Å². The van der Waals surface area contributed by atoms with Gasteiger partial charge in [-0.25, -0.2) is 10.3 Å². The minimum Gasteiger partial charge on any atom is -0.672 e. The van der Waals surface area contributed by atoms with Gasteiger partial charge in [-0.05, 0) is 4.96 Å². The zero-order valence-corrected chi connectivity index (χ0v) is 10.8. The summed E-state index contributed by atoms with van der Waals surface area (Å²) in [7, 11) is 0. The number of aldehydes is 1. The van der Waals surface area contributed by atoms with Gasteiger partial charge in [0.25, 0.3) is 6.33 Å². The van der Waals surface area contributed by atoms with Crippen LogP contribution in [0.25, 0.3) is 0 Å². The number of nitrogens with two attached hydrogens (primary N) is 2. The van der Waals surface area contributed by atoms with Crippen molar-refractivity contribution in [3.8, 4) is 0 Å². The predicted molar refractivity (Wildman–Crippen MR) is 64.6 cm³/mol. The molecular weight excluding hydrogens is 285 g/mol. The molecule has 1 saturated carbocycles. The van der Waals surface area contributed by atoms with Gasteiger partial charge < -0.3 is 16.3 Å². The molecule has 2 heterocycles. The summed E-state index contributed by atoms with van der Waals surface area (Å²) in [5.41, 5.74) is 4.72. The summed E-state index contributed by atoms with van der Waals surface area (Å²) in [6.45, 7) is -0.199. The number of nitrogens with one attached hydrogen (secondary N) is 1. The van der Waals surface area contributed by atoms with Gasteiger partial charge in [-0.1, -0.05) is 0 Å². The van der Waals surface area contributed by atoms with E-state index < -0.39 is 24.4 Å². The minimum absolute atomic E-state index is 0.0938. The molecule has 0 amide bonds. The second-order valence-corrected chi connectivity index (χ2v) is 5.03. The Morgan fingerprint density at radius 2 is 2.57 bits per heavy atom. The molecule has 1 aromatic heterocycles. The lowest BCUT2D eigenvalue weighted by molar-refractivity contribution is -0.753. The fourth-order valence-corrected chi connectivity index (χ4v) is 3.10. The second kappa shape index (κ2) is 4.72. The molecule has 1 aliphatic carbocycles. The number of hydrogen-bond acceptors (Lipinski definition) is 8. The smallest absolute Gasteiger partial charge is 0.273 e. The fourth-order valence-electron chi connectivity index (χ4n) is 3.10. The van der Waals surface area contributed by atoms with Crippen LogP contribution in [-0.2, 0) is 9.63 Å². The molecule has 2 fully saturated rings. The Labute approximate surface area is 118 Å². The highest BCUT2D eigenvalue weighted by atomic mass is 19.1. The zero-order valence-electron chi connectivity index (χ0n) is 10.8. The minimum atomic E-state index is -1.21. The average Bonchev–Trinajstić information content (AvgIpc) is 2.91. The van der Waals surface area contributed by atoms with Gasteiger partial charge in [0.05, 0.1) is 10.8 Å². The molecule has 4 atom stereocenters. The third-order valence-corrected chi connectivity index (χ3v) is 4.21. The van der Waals surface area contributed by atoms with Crippen molar-refractivity contribution < 1.29 is 19.0 Å². The van der Waals surface area contributed by atoms with Crippen molar-refractivity contribution >= 4 is 6.29 Å². The van der Waals surface area contributed by atoms with E-state index in [0.717, 1.165) is 4.68 Å². The Kier molecular flexibility index (Phi) is 3.11. The number of hydrogen-bond donors (Lipinski definition) is 3. The van der Waals surface area contributed by atoms with Gasteiger partial charge in [0.15, 0.2) is 11.5 Å². The molecule has 4 unspecified atom stereocenters. The fraction of sp³-hybridized carbons (Fsp3) is 0.600. The Bertz CT molecular complexity index is 603. The van der Waals surface area contributed by atoms with Crippen LogP contribution in [0.15, 0.2) is 17.6 Å². The summed E-state index contributed by atoms with van der Waals surface area (Å²) in [5, 5.41) is 21.3. The second-order valence-electron chi connectivity index (χ2n) is 5.03. The van der Waals surface area contributed by atoms with Gasteiger partial charge in [0, 0.05) is 24.1 Å². The zero-order chi connectivity index (χ0) is 15.2. The highest BCUT2D eigenvalue weighted by Gasteiger charge is 2.73. The first-order chi connectivity index (χ1) is 10.1. The molecule has 1 aromatic rings. The summed E-state index contributed by atoms with van der Waals surface area (Å²) >= 11 is 0. The molecule has 21 heavy (non-hydrogen) atoms. The number of rotatable bonds is 5. The van der Waals surface area contributed by atoms with Crippen molar-refractivity contribution in [3.63, 3.8) is 0 Å². The maximum Gasteiger partial charge on any atom is 0.273 e. The standard InChI is InChI=1S/C10H14FN7O3/c11-1-7-5(2-14-7)10(21-13)8(6(12)3-19)9(10)17-4-15-16-18(17)20/h3-5,7,9,14H,1-2,12-13H2. The van der Waals surface area contributed by atoms with Crippen LogP contribution in [0.2, 0.25) is 0 Å². The molecule has 5 N–H and O–H groups in total. The van der Waals surface area contributed by atoms with E-state index in [1.807, 2.05) is 0 Å². The van der Waals surface area contributed by atoms with Crippen molar-refractivity contribution in [2.75, 3.05) is 13.2 Å². The van der Waals surface area contributed by atoms with Crippen LogP contribution >= 0.6 is 0 Å². The Balaban J connectivity index is 2.06. The quantitative estimate of drug-likeness (QED) is 0.172. The molecule has 0 aromatic carbocycles. The third kappa shape index (κ3) is 1.68. The number of halogens is 1. The first kappa shape index (κ1) is 13.9. The average molecular weight is 299 g/mol. The van der Waals surface area contributed by atoms with E-state index in [1.165, 1.54) is 6.33 Å². The van der Waals surface area contributed by atoms with Gasteiger partial charge in [-0.15, -0.1) is 4.68 Å². The number of carbonyl (C=O) groups is 1. The lowest BCUT2D eigenvalue weighted by Gasteiger charge is -2.41. The van der Waals surface area contributed by atoms with Crippen LogP contribution in [-0.4, -0.2) is 46.1 Å². The maximum atomic E-state index is 13.0. The molecule has 0 spiro atoms. The molecule has 0 radical (unpaired) electrons. The molecule has 2 aliphatic rings. The molecule has 10 nitrogen and oxygen atoms in total. The van der Waals surface area contributed by atoms with E-state index in [4.69, 9.17) is 16.5 Å². The van der Waals surface area contributed by atoms with Gasteiger partial charge in [0.2, 0.25) is 0 Å². The highest BCUT2D eigenvalue weighted by molar-refractivity contribution is 5.77.